The number of carbonyl (C=O) groups excluding carboxylic acids is 1. The lowest BCUT2D eigenvalue weighted by Gasteiger charge is -2.36. The van der Waals surface area contributed by atoms with E-state index in [1.807, 2.05) is 20.8 Å². The van der Waals surface area contributed by atoms with Crippen LogP contribution in [0, 0.1) is 5.92 Å². The summed E-state index contributed by atoms with van der Waals surface area (Å²) >= 11 is 1.50. The number of nitrogens with one attached hydrogen (secondary N) is 1. The van der Waals surface area contributed by atoms with E-state index in [1.165, 1.54) is 24.6 Å². The number of nitrogens with zero attached hydrogens (tertiary/aromatic N) is 2. The van der Waals surface area contributed by atoms with Gasteiger partial charge in [-0.25, -0.2) is 0 Å². The molecule has 0 aromatic rings. The molecule has 0 bridgehead atoms. The number of aliphatic hydroxyl groups excluding tert-OH is 1. The van der Waals surface area contributed by atoms with Crippen molar-refractivity contribution in [2.45, 2.75) is 116 Å². The minimum absolute atomic E-state index is 0.192. The van der Waals surface area contributed by atoms with Crippen LogP contribution in [0.4, 0.5) is 0 Å². The maximum atomic E-state index is 13.4. The number of aliphatic imine (C=N–C) groups is 1. The summed E-state index contributed by atoms with van der Waals surface area (Å²) in [4.78, 5) is 23.7. The summed E-state index contributed by atoms with van der Waals surface area (Å²) in [6.07, 6.45) is 7.86. The van der Waals surface area contributed by atoms with E-state index in [9.17, 15) is 9.90 Å². The second kappa shape index (κ2) is 14.6. The van der Waals surface area contributed by atoms with Crippen LogP contribution in [0.25, 0.3) is 0 Å². The highest BCUT2D eigenvalue weighted by atomic mass is 32.2. The Kier molecular flexibility index (Phi) is 12.0. The van der Waals surface area contributed by atoms with E-state index < -0.39 is 26.2 Å². The number of ether oxygens (including phenoxy) is 2. The first-order valence-electron chi connectivity index (χ1n) is 15.0. The highest BCUT2D eigenvalue weighted by Gasteiger charge is 2.41. The first-order valence-corrected chi connectivity index (χ1v) is 18.9. The lowest BCUT2D eigenvalue weighted by molar-refractivity contribution is -0.126. The van der Waals surface area contributed by atoms with Crippen molar-refractivity contribution in [1.29, 1.82) is 0 Å². The number of rotatable bonds is 16. The largest absolute Gasteiger partial charge is 0.493 e. The molecular weight excluding hydrogens is 558 g/mol. The number of carbonyl (C=O) groups is 1. The molecule has 2 aliphatic heterocycles. The molecule has 232 valence electrons. The predicted octanol–water partition coefficient (Wildman–Crippen LogP) is 5.91. The predicted molar refractivity (Wildman–Crippen MR) is 169 cm³/mol. The molecule has 1 fully saturated rings. The standard InChI is InChI=1S/C30H51N3O6SSi/c1-9-12-24(25-17-23(18-26(34)39-25)36-19-22-13-14-22)31-28(35)30(6)20-40-27(32-30)21(2)33-37-15-10-11-16-38-41(7,8)29(3,4)5/h17-18,22,24,26,34H,9-16,19-20H2,1-8H3,(H,31,35)/b33-21+/t24-,26?,30?/m1/s1. The Labute approximate surface area is 251 Å². The van der Waals surface area contributed by atoms with Crippen LogP contribution >= 0.6 is 11.8 Å². The summed E-state index contributed by atoms with van der Waals surface area (Å²) in [6.45, 7) is 18.9. The van der Waals surface area contributed by atoms with Gasteiger partial charge in [0.05, 0.1) is 12.6 Å². The van der Waals surface area contributed by atoms with Gasteiger partial charge >= 0.3 is 0 Å². The van der Waals surface area contributed by atoms with Crippen LogP contribution in [-0.2, 0) is 23.5 Å². The zero-order chi connectivity index (χ0) is 30.3. The van der Waals surface area contributed by atoms with Gasteiger partial charge in [-0.15, -0.1) is 11.8 Å². The molecule has 0 aromatic heterocycles. The van der Waals surface area contributed by atoms with Crippen LogP contribution in [0.15, 0.2) is 33.8 Å². The minimum atomic E-state index is -1.72. The van der Waals surface area contributed by atoms with Crippen LogP contribution in [0.1, 0.15) is 80.1 Å². The summed E-state index contributed by atoms with van der Waals surface area (Å²) in [7, 11) is -1.72. The Hall–Kier alpha value is -1.82. The fraction of sp³-hybridized carbons (Fsp3) is 0.767. The minimum Gasteiger partial charge on any atom is -0.493 e. The Bertz CT molecular complexity index is 1030. The first kappa shape index (κ1) is 33.7. The molecule has 9 nitrogen and oxygen atoms in total. The molecule has 2 N–H and O–H groups in total. The monoisotopic (exact) mass is 609 g/mol. The molecule has 2 heterocycles. The third-order valence-corrected chi connectivity index (χ3v) is 13.9. The molecule has 11 heteroatoms. The number of aliphatic hydroxyl groups is 1. The Morgan fingerprint density at radius 1 is 1.32 bits per heavy atom. The Morgan fingerprint density at radius 2 is 2.02 bits per heavy atom. The summed E-state index contributed by atoms with van der Waals surface area (Å²) in [5, 5.41) is 18.5. The molecule has 0 spiro atoms. The lowest BCUT2D eigenvalue weighted by Crippen LogP contribution is -2.49. The average Bonchev–Trinajstić information content (AvgIpc) is 3.64. The van der Waals surface area contributed by atoms with Gasteiger partial charge in [-0.3, -0.25) is 9.79 Å². The molecule has 41 heavy (non-hydrogen) atoms. The Balaban J connectivity index is 1.50. The van der Waals surface area contributed by atoms with Crippen molar-refractivity contribution in [2.75, 3.05) is 25.6 Å². The van der Waals surface area contributed by atoms with Crippen LogP contribution in [0.5, 0.6) is 0 Å². The molecule has 1 saturated carbocycles. The normalized spacial score (nSPS) is 24.2. The maximum absolute atomic E-state index is 13.4. The molecular formula is C30H51N3O6SSi. The van der Waals surface area contributed by atoms with Crippen molar-refractivity contribution in [3.8, 4) is 0 Å². The zero-order valence-electron chi connectivity index (χ0n) is 26.2. The van der Waals surface area contributed by atoms with E-state index in [2.05, 4.69) is 44.3 Å². The summed E-state index contributed by atoms with van der Waals surface area (Å²) in [5.41, 5.74) is -0.281. The maximum Gasteiger partial charge on any atom is 0.249 e. The third kappa shape index (κ3) is 10.1. The number of hydrogen-bond acceptors (Lipinski definition) is 9. The highest BCUT2D eigenvalue weighted by molar-refractivity contribution is 8.16. The number of amides is 1. The van der Waals surface area contributed by atoms with Gasteiger partial charge in [0.1, 0.15) is 34.4 Å². The fourth-order valence-electron chi connectivity index (χ4n) is 3.99. The van der Waals surface area contributed by atoms with Gasteiger partial charge < -0.3 is 29.2 Å². The van der Waals surface area contributed by atoms with E-state index in [0.29, 0.717) is 53.6 Å². The summed E-state index contributed by atoms with van der Waals surface area (Å²) in [5.74, 6) is 1.99. The van der Waals surface area contributed by atoms with Gasteiger partial charge in [-0.05, 0) is 70.0 Å². The molecule has 3 atom stereocenters. The van der Waals surface area contributed by atoms with Gasteiger partial charge in [-0.2, -0.15) is 0 Å². The van der Waals surface area contributed by atoms with Gasteiger partial charge in [0, 0.05) is 24.5 Å². The molecule has 3 aliphatic rings. The lowest BCUT2D eigenvalue weighted by atomic mass is 10.0. The number of unbranched alkanes of at least 4 members (excludes halogenated alkanes) is 1. The fourth-order valence-corrected chi connectivity index (χ4v) is 6.20. The van der Waals surface area contributed by atoms with Gasteiger partial charge in [-0.1, -0.05) is 39.3 Å². The number of hydrogen-bond donors (Lipinski definition) is 2. The number of oxime groups is 1. The second-order valence-corrected chi connectivity index (χ2v) is 18.8. The average molecular weight is 610 g/mol. The van der Waals surface area contributed by atoms with Crippen LogP contribution in [0.2, 0.25) is 18.1 Å². The molecule has 3 rings (SSSR count). The quantitative estimate of drug-likeness (QED) is 0.0968. The van der Waals surface area contributed by atoms with E-state index >= 15 is 0 Å². The summed E-state index contributed by atoms with van der Waals surface area (Å²) < 4.78 is 17.8. The van der Waals surface area contributed by atoms with Crippen molar-refractivity contribution < 1.29 is 28.6 Å². The molecule has 0 saturated heterocycles. The van der Waals surface area contributed by atoms with Crippen molar-refractivity contribution in [1.82, 2.24) is 5.32 Å². The SMILES string of the molecule is CCC[C@@H](NC(=O)C1(C)CSC(/C(C)=N/OCCCCO[Si](C)(C)C(C)(C)C)=N1)C1=CC(OCC2CC2)=CC(O)O1. The Morgan fingerprint density at radius 3 is 2.68 bits per heavy atom. The van der Waals surface area contributed by atoms with Gasteiger partial charge in [0.2, 0.25) is 12.2 Å². The van der Waals surface area contributed by atoms with Crippen molar-refractivity contribution in [3.63, 3.8) is 0 Å². The van der Waals surface area contributed by atoms with Gasteiger partial charge in [0.15, 0.2) is 8.32 Å². The number of allylic oxidation sites excluding steroid dienone is 1. The number of thioether (sulfide) groups is 1. The third-order valence-electron chi connectivity index (χ3n) is 7.99. The zero-order valence-corrected chi connectivity index (χ0v) is 28.1. The molecule has 1 aliphatic carbocycles. The summed E-state index contributed by atoms with van der Waals surface area (Å²) in [6, 6.07) is -0.393. The molecule has 2 unspecified atom stereocenters. The molecule has 1 amide bonds. The van der Waals surface area contributed by atoms with E-state index in [4.69, 9.17) is 23.7 Å². The molecule has 0 radical (unpaired) electrons. The van der Waals surface area contributed by atoms with Crippen molar-refractivity contribution in [2.24, 2.45) is 16.1 Å². The van der Waals surface area contributed by atoms with Crippen LogP contribution in [-0.4, -0.2) is 73.5 Å². The second-order valence-electron chi connectivity index (χ2n) is 13.0. The smallest absolute Gasteiger partial charge is 0.249 e. The first-order chi connectivity index (χ1) is 19.2. The van der Waals surface area contributed by atoms with Gasteiger partial charge in [0.25, 0.3) is 0 Å². The molecule has 0 aromatic carbocycles. The highest BCUT2D eigenvalue weighted by Crippen LogP contribution is 2.36. The van der Waals surface area contributed by atoms with Crippen LogP contribution in [0.3, 0.4) is 0 Å². The van der Waals surface area contributed by atoms with Crippen molar-refractivity contribution in [3.05, 3.63) is 23.7 Å². The topological polar surface area (TPSA) is 111 Å². The van der Waals surface area contributed by atoms with E-state index in [-0.39, 0.29) is 10.9 Å². The van der Waals surface area contributed by atoms with E-state index in [1.54, 1.807) is 12.2 Å². The van der Waals surface area contributed by atoms with Crippen LogP contribution < -0.4 is 5.32 Å². The van der Waals surface area contributed by atoms with Crippen molar-refractivity contribution >= 4 is 36.7 Å². The van der Waals surface area contributed by atoms with E-state index in [0.717, 1.165) is 25.9 Å².